The molecule has 3 saturated heterocycles. The average molecular weight is 620 g/mol. The van der Waals surface area contributed by atoms with Crippen LogP contribution in [-0.2, 0) is 19.6 Å². The van der Waals surface area contributed by atoms with E-state index in [4.69, 9.17) is 0 Å². The van der Waals surface area contributed by atoms with Crippen molar-refractivity contribution in [3.63, 3.8) is 0 Å². The van der Waals surface area contributed by atoms with Crippen LogP contribution in [0.1, 0.15) is 90.4 Å². The number of piperidine rings is 2. The van der Waals surface area contributed by atoms with Crippen molar-refractivity contribution in [3.8, 4) is 0 Å². The van der Waals surface area contributed by atoms with Gasteiger partial charge in [0.25, 0.3) is 0 Å². The molecule has 0 spiro atoms. The van der Waals surface area contributed by atoms with Crippen molar-refractivity contribution in [3.05, 3.63) is 0 Å². The van der Waals surface area contributed by atoms with E-state index < -0.39 is 45.4 Å². The van der Waals surface area contributed by atoms with Crippen molar-refractivity contribution in [2.45, 2.75) is 120 Å². The highest BCUT2D eigenvalue weighted by atomic mass is 32.2. The molecule has 5 aliphatic rings. The lowest BCUT2D eigenvalue weighted by Crippen LogP contribution is -2.50. The van der Waals surface area contributed by atoms with Gasteiger partial charge in [0.2, 0.25) is 21.8 Å². The van der Waals surface area contributed by atoms with Gasteiger partial charge in [-0.3, -0.25) is 9.59 Å². The van der Waals surface area contributed by atoms with E-state index in [-0.39, 0.29) is 23.8 Å². The van der Waals surface area contributed by atoms with Crippen LogP contribution in [-0.4, -0.2) is 85.3 Å². The summed E-state index contributed by atoms with van der Waals surface area (Å²) in [5.74, 6) is -1.06. The summed E-state index contributed by atoms with van der Waals surface area (Å²) in [5.41, 5.74) is 2.64. The number of sulfonamides is 1. The third-order valence-electron chi connectivity index (χ3n) is 10.7. The van der Waals surface area contributed by atoms with Crippen molar-refractivity contribution < 1.29 is 31.2 Å². The van der Waals surface area contributed by atoms with Gasteiger partial charge in [-0.15, -0.1) is 0 Å². The molecular weight excluding hydrogens is 571 g/mol. The number of fused-ring (bicyclic) bond motifs is 1. The number of nitrogens with one attached hydrogen (secondary N) is 3. The maximum Gasteiger partial charge on any atom is 0.406 e. The molecule has 0 aromatic rings. The van der Waals surface area contributed by atoms with E-state index in [2.05, 4.69) is 16.1 Å². The summed E-state index contributed by atoms with van der Waals surface area (Å²) < 4.78 is 70.7. The molecule has 4 atom stereocenters. The standard InChI is InChI=1S/C29H48F3N5O4S/c1-19(38)34-23-7-9-24(10-8-23)42(40,41)36-14-11-21(12-15-36)22-13-16-37-25(17-22)26(27(35-37)29(30,31)32)28(39)33-18-20-5-3-2-4-6-20/h20-27,35H,2-18H2,1H3,(H,33,39)(H,34,38). The molecule has 0 radical (unpaired) electrons. The SMILES string of the molecule is CC(=O)NC1CCC(S(=O)(=O)N2CCC(C3CCN4NC(C(F)(F)F)C(C(=O)NCC5CCCCC5)C4C3)CC2)CC1. The molecule has 42 heavy (non-hydrogen) atoms. The Labute approximate surface area is 248 Å². The van der Waals surface area contributed by atoms with Crippen LogP contribution in [0.15, 0.2) is 0 Å². The number of alkyl halides is 3. The van der Waals surface area contributed by atoms with Gasteiger partial charge in [0, 0.05) is 45.2 Å². The lowest BCUT2D eigenvalue weighted by molar-refractivity contribution is -0.169. The minimum Gasteiger partial charge on any atom is -0.355 e. The van der Waals surface area contributed by atoms with E-state index in [1.54, 1.807) is 9.31 Å². The molecule has 2 amide bonds. The number of hydrogen-bond acceptors (Lipinski definition) is 6. The van der Waals surface area contributed by atoms with Gasteiger partial charge in [0.1, 0.15) is 6.04 Å². The number of rotatable bonds is 7. The Kier molecular flexibility index (Phi) is 10.1. The summed E-state index contributed by atoms with van der Waals surface area (Å²) in [4.78, 5) is 24.6. The second kappa shape index (κ2) is 13.3. The molecule has 3 heterocycles. The zero-order valence-corrected chi connectivity index (χ0v) is 25.5. The Bertz CT molecular complexity index is 1050. The Hall–Kier alpha value is -1.44. The summed E-state index contributed by atoms with van der Waals surface area (Å²) >= 11 is 0. The molecule has 0 aromatic carbocycles. The van der Waals surface area contributed by atoms with Gasteiger partial charge in [0.15, 0.2) is 0 Å². The molecule has 5 rings (SSSR count). The Morgan fingerprint density at radius 1 is 0.881 bits per heavy atom. The first kappa shape index (κ1) is 32.0. The second-order valence-corrected chi connectivity index (χ2v) is 15.6. The average Bonchev–Trinajstić information content (AvgIpc) is 3.36. The van der Waals surface area contributed by atoms with E-state index >= 15 is 0 Å². The zero-order chi connectivity index (χ0) is 30.1. The summed E-state index contributed by atoms with van der Waals surface area (Å²) in [5, 5.41) is 7.00. The van der Waals surface area contributed by atoms with E-state index in [0.717, 1.165) is 32.1 Å². The third kappa shape index (κ3) is 7.26. The monoisotopic (exact) mass is 619 g/mol. The van der Waals surface area contributed by atoms with Gasteiger partial charge in [0.05, 0.1) is 11.2 Å². The quantitative estimate of drug-likeness (QED) is 0.404. The fourth-order valence-corrected chi connectivity index (χ4v) is 10.4. The molecule has 9 nitrogen and oxygen atoms in total. The molecule has 2 saturated carbocycles. The molecule has 13 heteroatoms. The summed E-state index contributed by atoms with van der Waals surface area (Å²) in [6.07, 6.45) is 5.87. The van der Waals surface area contributed by atoms with E-state index in [9.17, 15) is 31.2 Å². The first-order valence-electron chi connectivity index (χ1n) is 16.1. The molecule has 5 fully saturated rings. The van der Waals surface area contributed by atoms with Crippen LogP contribution >= 0.6 is 0 Å². The van der Waals surface area contributed by atoms with Crippen molar-refractivity contribution >= 4 is 21.8 Å². The third-order valence-corrected chi connectivity index (χ3v) is 13.1. The fourth-order valence-electron chi connectivity index (χ4n) is 8.40. The first-order valence-corrected chi connectivity index (χ1v) is 17.6. The van der Waals surface area contributed by atoms with Gasteiger partial charge in [-0.1, -0.05) is 19.3 Å². The second-order valence-electron chi connectivity index (χ2n) is 13.4. The fraction of sp³-hybridized carbons (Fsp3) is 0.931. The molecule has 2 aliphatic carbocycles. The Morgan fingerprint density at radius 2 is 1.52 bits per heavy atom. The predicted octanol–water partition coefficient (Wildman–Crippen LogP) is 3.32. The van der Waals surface area contributed by atoms with Crippen molar-refractivity contribution in [1.29, 1.82) is 0 Å². The lowest BCUT2D eigenvalue weighted by atomic mass is 9.74. The van der Waals surface area contributed by atoms with Crippen LogP contribution in [0.4, 0.5) is 13.2 Å². The van der Waals surface area contributed by atoms with Crippen LogP contribution in [0.5, 0.6) is 0 Å². The predicted molar refractivity (Wildman–Crippen MR) is 152 cm³/mol. The maximum absolute atomic E-state index is 14.1. The Balaban J connectivity index is 1.16. The van der Waals surface area contributed by atoms with Crippen LogP contribution in [0.3, 0.4) is 0 Å². The molecule has 240 valence electrons. The van der Waals surface area contributed by atoms with E-state index in [1.807, 2.05) is 0 Å². The normalized spacial score (nSPS) is 34.6. The summed E-state index contributed by atoms with van der Waals surface area (Å²) in [6.45, 7) is 3.22. The number of amides is 2. The molecule has 0 aromatic heterocycles. The van der Waals surface area contributed by atoms with Crippen LogP contribution in [0.2, 0.25) is 0 Å². The van der Waals surface area contributed by atoms with Gasteiger partial charge in [-0.05, 0) is 82.0 Å². The largest absolute Gasteiger partial charge is 0.406 e. The van der Waals surface area contributed by atoms with E-state index in [1.165, 1.54) is 13.3 Å². The van der Waals surface area contributed by atoms with Gasteiger partial charge in [-0.25, -0.2) is 23.2 Å². The zero-order valence-electron chi connectivity index (χ0n) is 24.7. The molecule has 3 aliphatic heterocycles. The summed E-state index contributed by atoms with van der Waals surface area (Å²) in [6, 6.07) is -2.38. The van der Waals surface area contributed by atoms with Crippen molar-refractivity contribution in [2.24, 2.45) is 23.7 Å². The van der Waals surface area contributed by atoms with Crippen molar-refractivity contribution in [2.75, 3.05) is 26.2 Å². The van der Waals surface area contributed by atoms with Crippen molar-refractivity contribution in [1.82, 2.24) is 25.4 Å². The number of nitrogens with zero attached hydrogens (tertiary/aromatic N) is 2. The number of carbonyl (C=O) groups excluding carboxylic acids is 2. The minimum atomic E-state index is -4.53. The molecular formula is C29H48F3N5O4S. The van der Waals surface area contributed by atoms with Crippen LogP contribution in [0, 0.1) is 23.7 Å². The molecule has 4 unspecified atom stereocenters. The number of halogens is 3. The van der Waals surface area contributed by atoms with E-state index in [0.29, 0.717) is 77.0 Å². The highest BCUT2D eigenvalue weighted by Gasteiger charge is 2.58. The van der Waals surface area contributed by atoms with Gasteiger partial charge < -0.3 is 10.6 Å². The Morgan fingerprint density at radius 3 is 2.14 bits per heavy atom. The highest BCUT2D eigenvalue weighted by molar-refractivity contribution is 7.89. The first-order chi connectivity index (χ1) is 19.9. The number of hydrazine groups is 1. The molecule has 3 N–H and O–H groups in total. The van der Waals surface area contributed by atoms with Gasteiger partial charge in [-0.2, -0.15) is 13.2 Å². The van der Waals surface area contributed by atoms with Gasteiger partial charge >= 0.3 is 6.18 Å². The summed E-state index contributed by atoms with van der Waals surface area (Å²) in [7, 11) is -3.44. The topological polar surface area (TPSA) is 111 Å². The van der Waals surface area contributed by atoms with Crippen LogP contribution < -0.4 is 16.1 Å². The number of hydrogen-bond donors (Lipinski definition) is 3. The highest BCUT2D eigenvalue weighted by Crippen LogP contribution is 2.43. The number of carbonyl (C=O) groups is 2. The smallest absolute Gasteiger partial charge is 0.355 e. The molecule has 0 bridgehead atoms. The lowest BCUT2D eigenvalue weighted by Gasteiger charge is -2.42. The minimum absolute atomic E-state index is 0.0331. The maximum atomic E-state index is 14.1. The van der Waals surface area contributed by atoms with Crippen LogP contribution in [0.25, 0.3) is 0 Å².